The van der Waals surface area contributed by atoms with Crippen LogP contribution >= 0.6 is 12.4 Å². The molecule has 0 aromatic heterocycles. The van der Waals surface area contributed by atoms with E-state index >= 15 is 0 Å². The Bertz CT molecular complexity index is 1070. The van der Waals surface area contributed by atoms with Gasteiger partial charge in [-0.3, -0.25) is 4.79 Å². The summed E-state index contributed by atoms with van der Waals surface area (Å²) >= 11 is 0. The van der Waals surface area contributed by atoms with Gasteiger partial charge in [-0.25, -0.2) is 13.6 Å². The number of primary sulfonamides is 1. The van der Waals surface area contributed by atoms with E-state index in [-0.39, 0.29) is 35.0 Å². The Morgan fingerprint density at radius 1 is 1.05 bits per heavy atom. The third-order valence-corrected chi connectivity index (χ3v) is 6.01. The van der Waals surface area contributed by atoms with E-state index in [4.69, 9.17) is 30.2 Å². The van der Waals surface area contributed by atoms with Gasteiger partial charge in [0, 0.05) is 12.6 Å². The minimum atomic E-state index is -3.84. The van der Waals surface area contributed by atoms with Gasteiger partial charge in [0.25, 0.3) is 0 Å². The van der Waals surface area contributed by atoms with Crippen LogP contribution in [0, 0.1) is 5.92 Å². The van der Waals surface area contributed by atoms with Crippen molar-refractivity contribution in [2.45, 2.75) is 51.1 Å². The number of hydrogen-bond donors (Lipinski definition) is 4. The number of rotatable bonds is 13. The summed E-state index contributed by atoms with van der Waals surface area (Å²) in [4.78, 5) is 10.0. The number of methoxy groups -OCH3 is 1. The molecule has 0 radical (unpaired) electrons. The zero-order chi connectivity index (χ0) is 27.3. The molecule has 2 aromatic carbocycles. The Morgan fingerprint density at radius 3 is 2.11 bits per heavy atom. The van der Waals surface area contributed by atoms with Crippen LogP contribution < -0.4 is 30.4 Å². The molecule has 2 aromatic rings. The monoisotopic (exact) mass is 561 g/mol. The van der Waals surface area contributed by atoms with Crippen LogP contribution in [0.15, 0.2) is 47.4 Å². The van der Waals surface area contributed by atoms with Gasteiger partial charge in [0.15, 0.2) is 11.5 Å². The summed E-state index contributed by atoms with van der Waals surface area (Å²) in [6.07, 6.45) is 0.641. The van der Waals surface area contributed by atoms with Crippen LogP contribution in [0.5, 0.6) is 17.2 Å². The standard InChI is InChI=1S/C20H28N2O5S.C5H11NO2.ClH/c1-4-26-17-7-5-6-8-18(17)27-12-11-22-15(2)13-16-9-10-19(25-3)20(14-16)28(21,23)24;1-3(2)4(6)5(7)8;/h5-10,14-15,22H,4,11-13H2,1-3H3,(H2,21,23,24);3-4H,6H2,1-2H3,(H,7,8);1H/t15-;4-;/m10./s1. The second-order valence-corrected chi connectivity index (χ2v) is 9.96. The summed E-state index contributed by atoms with van der Waals surface area (Å²) in [7, 11) is -2.43. The quantitative estimate of drug-likeness (QED) is 0.269. The second-order valence-electron chi connectivity index (χ2n) is 8.43. The van der Waals surface area contributed by atoms with Crippen LogP contribution in [0.4, 0.5) is 0 Å². The topological polar surface area (TPSA) is 163 Å². The fraction of sp³-hybridized carbons (Fsp3) is 0.480. The number of ether oxygens (including phenoxy) is 3. The predicted molar refractivity (Wildman–Crippen MR) is 146 cm³/mol. The van der Waals surface area contributed by atoms with Crippen molar-refractivity contribution in [3.05, 3.63) is 48.0 Å². The van der Waals surface area contributed by atoms with E-state index in [1.165, 1.54) is 7.11 Å². The van der Waals surface area contributed by atoms with Crippen molar-refractivity contribution >= 4 is 28.4 Å². The Labute approximate surface area is 226 Å². The van der Waals surface area contributed by atoms with Gasteiger partial charge in [-0.2, -0.15) is 0 Å². The Kier molecular flexibility index (Phi) is 15.9. The van der Waals surface area contributed by atoms with Crippen LogP contribution in [0.25, 0.3) is 0 Å². The van der Waals surface area contributed by atoms with Gasteiger partial charge in [-0.15, -0.1) is 12.4 Å². The molecule has 0 unspecified atom stereocenters. The summed E-state index contributed by atoms with van der Waals surface area (Å²) in [5, 5.41) is 16.9. The number of para-hydroxylation sites is 2. The third-order valence-electron chi connectivity index (χ3n) is 5.08. The van der Waals surface area contributed by atoms with E-state index in [0.717, 1.165) is 11.3 Å². The zero-order valence-electron chi connectivity index (χ0n) is 22.0. The molecule has 0 fully saturated rings. The fourth-order valence-electron chi connectivity index (χ4n) is 3.09. The highest BCUT2D eigenvalue weighted by molar-refractivity contribution is 7.89. The number of carboxylic acid groups (broad SMARTS) is 1. The highest BCUT2D eigenvalue weighted by atomic mass is 35.5. The number of sulfonamides is 1. The summed E-state index contributed by atoms with van der Waals surface area (Å²) in [5.74, 6) is 0.777. The van der Waals surface area contributed by atoms with Crippen molar-refractivity contribution < 1.29 is 32.5 Å². The molecular weight excluding hydrogens is 522 g/mol. The van der Waals surface area contributed by atoms with E-state index in [1.807, 2.05) is 44.2 Å². The SMILES string of the molecule is CC(C)[C@H](N)C(=O)O.CCOc1ccccc1OCCN[C@H](C)Cc1ccc(OC)c(S(N)(=O)=O)c1.Cl. The van der Waals surface area contributed by atoms with Gasteiger partial charge in [-0.05, 0) is 56.0 Å². The lowest BCUT2D eigenvalue weighted by atomic mass is 10.1. The average molecular weight is 562 g/mol. The number of hydrogen-bond acceptors (Lipinski definition) is 8. The molecule has 0 heterocycles. The summed E-state index contributed by atoms with van der Waals surface area (Å²) in [6.45, 7) is 9.21. The van der Waals surface area contributed by atoms with Crippen molar-refractivity contribution in [1.29, 1.82) is 0 Å². The van der Waals surface area contributed by atoms with Gasteiger partial charge in [0.1, 0.15) is 23.3 Å². The van der Waals surface area contributed by atoms with Crippen molar-refractivity contribution in [1.82, 2.24) is 5.32 Å². The van der Waals surface area contributed by atoms with E-state index in [0.29, 0.717) is 31.9 Å². The maximum Gasteiger partial charge on any atom is 0.320 e. The highest BCUT2D eigenvalue weighted by Crippen LogP contribution is 2.26. The molecule has 12 heteroatoms. The van der Waals surface area contributed by atoms with Crippen LogP contribution in [-0.4, -0.2) is 58.4 Å². The van der Waals surface area contributed by atoms with Crippen molar-refractivity contribution in [2.75, 3.05) is 26.9 Å². The number of halogens is 1. The summed E-state index contributed by atoms with van der Waals surface area (Å²) in [5.41, 5.74) is 6.01. The van der Waals surface area contributed by atoms with Gasteiger partial charge in [-0.1, -0.05) is 32.0 Å². The molecule has 2 rings (SSSR count). The largest absolute Gasteiger partial charge is 0.495 e. The van der Waals surface area contributed by atoms with Crippen LogP contribution in [0.1, 0.15) is 33.3 Å². The average Bonchev–Trinajstić information content (AvgIpc) is 2.82. The van der Waals surface area contributed by atoms with E-state index < -0.39 is 22.0 Å². The molecule has 0 saturated carbocycles. The predicted octanol–water partition coefficient (Wildman–Crippen LogP) is 2.82. The Hall–Kier alpha value is -2.57. The minimum Gasteiger partial charge on any atom is -0.495 e. The van der Waals surface area contributed by atoms with Crippen molar-refractivity contribution in [3.8, 4) is 17.2 Å². The minimum absolute atomic E-state index is 0. The number of aliphatic carboxylic acids is 1. The number of nitrogens with two attached hydrogens (primary N) is 2. The Morgan fingerprint density at radius 2 is 1.65 bits per heavy atom. The van der Waals surface area contributed by atoms with Gasteiger partial charge in [0.05, 0.1) is 13.7 Å². The van der Waals surface area contributed by atoms with Crippen LogP contribution in [0.3, 0.4) is 0 Å². The molecule has 0 aliphatic rings. The van der Waals surface area contributed by atoms with Crippen molar-refractivity contribution in [3.63, 3.8) is 0 Å². The summed E-state index contributed by atoms with van der Waals surface area (Å²) in [6, 6.07) is 12.0. The smallest absolute Gasteiger partial charge is 0.320 e. The normalized spacial score (nSPS) is 12.4. The molecule has 2 atom stereocenters. The number of nitrogens with one attached hydrogen (secondary N) is 1. The first-order valence-corrected chi connectivity index (χ1v) is 13.2. The summed E-state index contributed by atoms with van der Waals surface area (Å²) < 4.78 is 39.9. The van der Waals surface area contributed by atoms with Crippen molar-refractivity contribution in [2.24, 2.45) is 16.8 Å². The highest BCUT2D eigenvalue weighted by Gasteiger charge is 2.16. The number of carboxylic acids is 1. The fourth-order valence-corrected chi connectivity index (χ4v) is 3.84. The van der Waals surface area contributed by atoms with Gasteiger partial charge >= 0.3 is 5.97 Å². The first-order chi connectivity index (χ1) is 16.9. The second kappa shape index (κ2) is 17.0. The van der Waals surface area contributed by atoms with E-state index in [2.05, 4.69) is 5.32 Å². The lowest BCUT2D eigenvalue weighted by Gasteiger charge is -2.16. The molecule has 0 spiro atoms. The Balaban J connectivity index is 0.00000125. The molecular formula is C25H40ClN3O7S. The molecule has 210 valence electrons. The van der Waals surface area contributed by atoms with Gasteiger partial charge in [0.2, 0.25) is 10.0 Å². The maximum absolute atomic E-state index is 11.7. The molecule has 0 saturated heterocycles. The molecule has 37 heavy (non-hydrogen) atoms. The number of benzene rings is 2. The molecule has 0 aliphatic heterocycles. The van der Waals surface area contributed by atoms with Gasteiger partial charge < -0.3 is 30.4 Å². The van der Waals surface area contributed by atoms with Crippen LogP contribution in [0.2, 0.25) is 0 Å². The molecule has 6 N–H and O–H groups in total. The molecule has 0 bridgehead atoms. The van der Waals surface area contributed by atoms with E-state index in [1.54, 1.807) is 26.0 Å². The number of carbonyl (C=O) groups is 1. The first-order valence-electron chi connectivity index (χ1n) is 11.7. The lowest BCUT2D eigenvalue weighted by Crippen LogP contribution is -2.34. The third kappa shape index (κ3) is 12.5. The van der Waals surface area contributed by atoms with E-state index in [9.17, 15) is 13.2 Å². The maximum atomic E-state index is 11.7. The molecule has 0 aliphatic carbocycles. The lowest BCUT2D eigenvalue weighted by molar-refractivity contribution is -0.139. The first kappa shape index (κ1) is 34.4. The molecule has 10 nitrogen and oxygen atoms in total. The zero-order valence-corrected chi connectivity index (χ0v) is 23.6. The van der Waals surface area contributed by atoms with Crippen LogP contribution in [-0.2, 0) is 21.2 Å². The molecule has 0 amide bonds.